The minimum absolute atomic E-state index is 0.0408. The minimum atomic E-state index is -0.358. The summed E-state index contributed by atoms with van der Waals surface area (Å²) < 4.78 is 2.27. The van der Waals surface area contributed by atoms with E-state index >= 15 is 0 Å². The number of nitrogens with two attached hydrogens (primary N) is 1. The van der Waals surface area contributed by atoms with E-state index in [1.54, 1.807) is 17.8 Å². The lowest BCUT2D eigenvalue weighted by atomic mass is 10.2. The number of hydrogen-bond acceptors (Lipinski definition) is 3. The molecule has 2 unspecified atom stereocenters. The van der Waals surface area contributed by atoms with Crippen LogP contribution in [-0.4, -0.2) is 21.7 Å². The summed E-state index contributed by atoms with van der Waals surface area (Å²) in [6.07, 6.45) is 3.74. The molecule has 0 saturated carbocycles. The summed E-state index contributed by atoms with van der Waals surface area (Å²) in [5.74, 6) is 0.354. The molecule has 0 aliphatic carbocycles. The van der Waals surface area contributed by atoms with E-state index < -0.39 is 0 Å². The van der Waals surface area contributed by atoms with Crippen LogP contribution in [0, 0.1) is 0 Å². The van der Waals surface area contributed by atoms with Gasteiger partial charge in [0.2, 0.25) is 5.91 Å². The second-order valence-electron chi connectivity index (χ2n) is 4.22. The molecular formula is C11H19BrN4O. The molecule has 6 heteroatoms. The van der Waals surface area contributed by atoms with Gasteiger partial charge in [-0.1, -0.05) is 13.3 Å². The summed E-state index contributed by atoms with van der Waals surface area (Å²) in [7, 11) is 0. The predicted molar refractivity (Wildman–Crippen MR) is 71.6 cm³/mol. The quantitative estimate of drug-likeness (QED) is 0.875. The van der Waals surface area contributed by atoms with Crippen LogP contribution >= 0.6 is 15.9 Å². The molecule has 1 rings (SSSR count). The largest absolute Gasteiger partial charge is 0.381 e. The molecule has 5 nitrogen and oxygen atoms in total. The van der Waals surface area contributed by atoms with Gasteiger partial charge in [0.25, 0.3) is 0 Å². The normalized spacial score (nSPS) is 14.4. The number of nitrogens with zero attached hydrogens (tertiary/aromatic N) is 2. The molecule has 17 heavy (non-hydrogen) atoms. The van der Waals surface area contributed by atoms with E-state index in [4.69, 9.17) is 5.73 Å². The van der Waals surface area contributed by atoms with Crippen LogP contribution in [0.1, 0.15) is 39.7 Å². The number of aromatic nitrogens is 2. The molecule has 3 N–H and O–H groups in total. The Morgan fingerprint density at radius 2 is 2.29 bits per heavy atom. The number of rotatable bonds is 5. The average molecular weight is 303 g/mol. The number of carbonyl (C=O) groups excluding carboxylic acids is 1. The SMILES string of the molecule is CCCC(C)NC(=O)C(C)n1cc(Br)c(N)n1. The summed E-state index contributed by atoms with van der Waals surface area (Å²) in [4.78, 5) is 11.9. The van der Waals surface area contributed by atoms with Crippen LogP contribution in [-0.2, 0) is 4.79 Å². The molecule has 0 spiro atoms. The van der Waals surface area contributed by atoms with Crippen LogP contribution in [0.2, 0.25) is 0 Å². The van der Waals surface area contributed by atoms with Crippen LogP contribution in [0.5, 0.6) is 0 Å². The molecule has 1 heterocycles. The zero-order chi connectivity index (χ0) is 13.0. The molecule has 0 radical (unpaired) electrons. The maximum absolute atomic E-state index is 11.9. The zero-order valence-corrected chi connectivity index (χ0v) is 12.0. The fraction of sp³-hybridized carbons (Fsp3) is 0.636. The number of amides is 1. The molecule has 2 atom stereocenters. The van der Waals surface area contributed by atoms with Crippen LogP contribution in [0.15, 0.2) is 10.7 Å². The Morgan fingerprint density at radius 3 is 2.76 bits per heavy atom. The van der Waals surface area contributed by atoms with Gasteiger partial charge >= 0.3 is 0 Å². The van der Waals surface area contributed by atoms with Crippen molar-refractivity contribution >= 4 is 27.7 Å². The molecule has 1 amide bonds. The third-order valence-electron chi connectivity index (χ3n) is 2.60. The Kier molecular flexibility index (Phi) is 4.99. The summed E-state index contributed by atoms with van der Waals surface area (Å²) in [5, 5.41) is 7.02. The van der Waals surface area contributed by atoms with Crippen LogP contribution in [0.4, 0.5) is 5.82 Å². The molecule has 96 valence electrons. The monoisotopic (exact) mass is 302 g/mol. The molecule has 1 aromatic heterocycles. The van der Waals surface area contributed by atoms with Gasteiger partial charge in [-0.05, 0) is 36.2 Å². The van der Waals surface area contributed by atoms with Gasteiger partial charge in [0, 0.05) is 12.2 Å². The first-order chi connectivity index (χ1) is 7.95. The Bertz CT molecular complexity index is 371. The second-order valence-corrected chi connectivity index (χ2v) is 5.07. The Hall–Kier alpha value is -1.04. The molecule has 0 bridgehead atoms. The zero-order valence-electron chi connectivity index (χ0n) is 10.4. The third-order valence-corrected chi connectivity index (χ3v) is 3.21. The van der Waals surface area contributed by atoms with E-state index in [1.807, 2.05) is 6.92 Å². The predicted octanol–water partition coefficient (Wildman–Crippen LogP) is 2.09. The van der Waals surface area contributed by atoms with Crippen molar-refractivity contribution in [1.82, 2.24) is 15.1 Å². The van der Waals surface area contributed by atoms with Crippen molar-refractivity contribution < 1.29 is 4.79 Å². The van der Waals surface area contributed by atoms with Gasteiger partial charge in [0.1, 0.15) is 6.04 Å². The van der Waals surface area contributed by atoms with Gasteiger partial charge in [-0.15, -0.1) is 0 Å². The van der Waals surface area contributed by atoms with Crippen LogP contribution in [0.3, 0.4) is 0 Å². The molecule has 1 aromatic rings. The van der Waals surface area contributed by atoms with Gasteiger partial charge in [0.05, 0.1) is 4.47 Å². The van der Waals surface area contributed by atoms with Gasteiger partial charge in [-0.2, -0.15) is 5.10 Å². The third kappa shape index (κ3) is 3.73. The summed E-state index contributed by atoms with van der Waals surface area (Å²) in [6.45, 7) is 5.89. The number of carbonyl (C=O) groups is 1. The first-order valence-electron chi connectivity index (χ1n) is 5.76. The van der Waals surface area contributed by atoms with E-state index in [0.29, 0.717) is 10.3 Å². The van der Waals surface area contributed by atoms with Crippen LogP contribution < -0.4 is 11.1 Å². The highest BCUT2D eigenvalue weighted by molar-refractivity contribution is 9.10. The van der Waals surface area contributed by atoms with E-state index in [-0.39, 0.29) is 18.0 Å². The highest BCUT2D eigenvalue weighted by Crippen LogP contribution is 2.19. The lowest BCUT2D eigenvalue weighted by molar-refractivity contribution is -0.124. The molecule has 0 saturated heterocycles. The van der Waals surface area contributed by atoms with Crippen molar-refractivity contribution in [3.63, 3.8) is 0 Å². The Morgan fingerprint density at radius 1 is 1.65 bits per heavy atom. The topological polar surface area (TPSA) is 72.9 Å². The molecule has 0 aliphatic rings. The van der Waals surface area contributed by atoms with Crippen LogP contribution in [0.25, 0.3) is 0 Å². The van der Waals surface area contributed by atoms with E-state index in [0.717, 1.165) is 12.8 Å². The summed E-state index contributed by atoms with van der Waals surface area (Å²) >= 11 is 3.27. The molecule has 0 fully saturated rings. The maximum atomic E-state index is 11.9. The van der Waals surface area contributed by atoms with Gasteiger partial charge in [-0.3, -0.25) is 9.48 Å². The van der Waals surface area contributed by atoms with E-state index in [9.17, 15) is 4.79 Å². The average Bonchev–Trinajstić information content (AvgIpc) is 2.58. The van der Waals surface area contributed by atoms with Crippen molar-refractivity contribution in [3.05, 3.63) is 10.7 Å². The highest BCUT2D eigenvalue weighted by atomic mass is 79.9. The summed E-state index contributed by atoms with van der Waals surface area (Å²) in [5.41, 5.74) is 5.62. The number of anilines is 1. The molecular weight excluding hydrogens is 284 g/mol. The minimum Gasteiger partial charge on any atom is -0.381 e. The Labute approximate surface area is 110 Å². The first-order valence-corrected chi connectivity index (χ1v) is 6.55. The van der Waals surface area contributed by atoms with Crippen molar-refractivity contribution in [2.75, 3.05) is 5.73 Å². The summed E-state index contributed by atoms with van der Waals surface area (Å²) in [6, 6.07) is -0.172. The van der Waals surface area contributed by atoms with E-state index in [2.05, 4.69) is 33.3 Å². The smallest absolute Gasteiger partial charge is 0.244 e. The van der Waals surface area contributed by atoms with Crippen molar-refractivity contribution in [3.8, 4) is 0 Å². The maximum Gasteiger partial charge on any atom is 0.244 e. The lowest BCUT2D eigenvalue weighted by Gasteiger charge is -2.17. The number of hydrogen-bond donors (Lipinski definition) is 2. The van der Waals surface area contributed by atoms with E-state index in [1.165, 1.54) is 0 Å². The molecule has 0 aliphatic heterocycles. The van der Waals surface area contributed by atoms with Crippen molar-refractivity contribution in [1.29, 1.82) is 0 Å². The number of halogens is 1. The number of nitrogens with one attached hydrogen (secondary N) is 1. The standard InChI is InChI=1S/C11H19BrN4O/c1-4-5-7(2)14-11(17)8(3)16-6-9(12)10(13)15-16/h6-8H,4-5H2,1-3H3,(H2,13,15)(H,14,17). The fourth-order valence-corrected chi connectivity index (χ4v) is 1.86. The second kappa shape index (κ2) is 6.05. The number of nitrogen functional groups attached to an aromatic ring is 1. The molecule has 0 aromatic carbocycles. The first kappa shape index (κ1) is 14.0. The Balaban J connectivity index is 2.63. The van der Waals surface area contributed by atoms with Gasteiger partial charge in [0.15, 0.2) is 5.82 Å². The van der Waals surface area contributed by atoms with Crippen molar-refractivity contribution in [2.45, 2.75) is 45.7 Å². The lowest BCUT2D eigenvalue weighted by Crippen LogP contribution is -2.37. The van der Waals surface area contributed by atoms with Gasteiger partial charge in [-0.25, -0.2) is 0 Å². The van der Waals surface area contributed by atoms with Gasteiger partial charge < -0.3 is 11.1 Å². The highest BCUT2D eigenvalue weighted by Gasteiger charge is 2.18. The fourth-order valence-electron chi connectivity index (χ4n) is 1.57. The van der Waals surface area contributed by atoms with Crippen molar-refractivity contribution in [2.24, 2.45) is 0 Å².